The van der Waals surface area contributed by atoms with Crippen LogP contribution in [0, 0.1) is 11.7 Å². The van der Waals surface area contributed by atoms with Crippen LogP contribution in [0.3, 0.4) is 0 Å². The quantitative estimate of drug-likeness (QED) is 0.170. The van der Waals surface area contributed by atoms with Crippen molar-refractivity contribution in [3.63, 3.8) is 0 Å². The maximum atomic E-state index is 13.9. The molecule has 8 nitrogen and oxygen atoms in total. The van der Waals surface area contributed by atoms with Crippen molar-refractivity contribution in [2.24, 2.45) is 0 Å². The number of amides is 1. The molecule has 3 aliphatic rings. The van der Waals surface area contributed by atoms with Gasteiger partial charge in [0.15, 0.2) is 0 Å². The number of carboxylic acid groups (broad SMARTS) is 1. The van der Waals surface area contributed by atoms with Crippen molar-refractivity contribution in [1.82, 2.24) is 9.80 Å². The van der Waals surface area contributed by atoms with Crippen LogP contribution >= 0.6 is 24.4 Å². The van der Waals surface area contributed by atoms with Crippen LogP contribution in [0.25, 0.3) is 6.08 Å². The number of carboxylic acids is 1. The molecule has 0 bridgehead atoms. The summed E-state index contributed by atoms with van der Waals surface area (Å²) in [6, 6.07) is 15.8. The standard InChI is InChI=1S/C33H38N4O4S.C2H2S/c1-4-19-34-22-28(16-14-26-13-12-24-21-27(41-6-3)15-17-29(24)36(26)5-2)42-33(34)31-32(40)37(25-10-8-7-9-11-25)23-35(31)20-18-30(38)39;1-2-3/h7-17,21H,4-6,18-20,22-23H2,1-3H3,(H,38,39);1,3H/b26-14+,28-16+,33-31-;. The number of thiol groups is 1. The van der Waals surface area contributed by atoms with Crippen molar-refractivity contribution >= 4 is 53.7 Å². The molecule has 0 saturated carbocycles. The molecule has 0 atom stereocenters. The van der Waals surface area contributed by atoms with Gasteiger partial charge >= 0.3 is 5.97 Å². The Kier molecular flexibility index (Phi) is 12.1. The average Bonchev–Trinajstić information content (AvgIpc) is 3.59. The summed E-state index contributed by atoms with van der Waals surface area (Å²) in [5, 5.41) is 12.2. The van der Waals surface area contributed by atoms with Gasteiger partial charge in [-0.25, -0.2) is 0 Å². The van der Waals surface area contributed by atoms with E-state index in [1.807, 2.05) is 53.5 Å². The number of anilines is 2. The molecule has 2 fully saturated rings. The smallest absolute Gasteiger partial charge is 0.305 e. The van der Waals surface area contributed by atoms with Gasteiger partial charge in [-0.3, -0.25) is 14.5 Å². The zero-order valence-corrected chi connectivity index (χ0v) is 27.7. The number of terminal acetylenes is 1. The maximum absolute atomic E-state index is 13.9. The summed E-state index contributed by atoms with van der Waals surface area (Å²) in [5.41, 5.74) is 4.77. The molecule has 0 radical (unpaired) electrons. The molecule has 3 aliphatic heterocycles. The number of carbonyl (C=O) groups is 2. The second-order valence-corrected chi connectivity index (χ2v) is 11.8. The van der Waals surface area contributed by atoms with Gasteiger partial charge in [0.2, 0.25) is 0 Å². The number of thioether (sulfide) groups is 1. The highest BCUT2D eigenvalue weighted by atomic mass is 32.2. The Labute approximate surface area is 276 Å². The Hall–Kier alpha value is -4.20. The van der Waals surface area contributed by atoms with Crippen molar-refractivity contribution in [3.8, 4) is 17.4 Å². The minimum Gasteiger partial charge on any atom is -0.494 e. The predicted molar refractivity (Wildman–Crippen MR) is 188 cm³/mol. The van der Waals surface area contributed by atoms with Gasteiger partial charge in [-0.15, -0.1) is 6.42 Å². The van der Waals surface area contributed by atoms with Gasteiger partial charge < -0.3 is 24.5 Å². The third-order valence-corrected chi connectivity index (χ3v) is 8.57. The fraction of sp³-hybridized carbons (Fsp3) is 0.314. The second-order valence-electron chi connectivity index (χ2n) is 10.4. The first kappa shape index (κ1) is 33.7. The van der Waals surface area contributed by atoms with Crippen LogP contribution in [0.5, 0.6) is 5.75 Å². The molecule has 1 N–H and O–H groups in total. The molecule has 5 rings (SSSR count). The number of hydrogen-bond acceptors (Lipinski definition) is 8. The zero-order chi connectivity index (χ0) is 32.3. The lowest BCUT2D eigenvalue weighted by Crippen LogP contribution is -2.28. The van der Waals surface area contributed by atoms with Gasteiger partial charge in [-0.2, -0.15) is 0 Å². The summed E-state index contributed by atoms with van der Waals surface area (Å²) in [6.45, 7) is 9.84. The van der Waals surface area contributed by atoms with Gasteiger partial charge in [-0.1, -0.05) is 55.6 Å². The van der Waals surface area contributed by atoms with Crippen LogP contribution in [-0.4, -0.2) is 66.2 Å². The lowest BCUT2D eigenvalue weighted by atomic mass is 10.0. The Morgan fingerprint density at radius 1 is 1.09 bits per heavy atom. The van der Waals surface area contributed by atoms with E-state index in [1.54, 1.807) is 16.7 Å². The van der Waals surface area contributed by atoms with Crippen LogP contribution in [0.2, 0.25) is 0 Å². The number of para-hydroxylation sites is 1. The van der Waals surface area contributed by atoms with E-state index < -0.39 is 5.97 Å². The number of likely N-dealkylation sites (N-methyl/N-ethyl adjacent to an activating group) is 1. The second kappa shape index (κ2) is 16.2. The molecule has 45 heavy (non-hydrogen) atoms. The summed E-state index contributed by atoms with van der Waals surface area (Å²) in [6.07, 6.45) is 13.9. The summed E-state index contributed by atoms with van der Waals surface area (Å²) < 4.78 is 5.69. The molecule has 0 spiro atoms. The van der Waals surface area contributed by atoms with Crippen LogP contribution in [0.15, 0.2) is 88.1 Å². The normalized spacial score (nSPS) is 19.1. The average molecular weight is 645 g/mol. The zero-order valence-electron chi connectivity index (χ0n) is 26.0. The minimum atomic E-state index is -0.877. The fourth-order valence-corrected chi connectivity index (χ4v) is 6.68. The summed E-state index contributed by atoms with van der Waals surface area (Å²) in [4.78, 5) is 34.7. The fourth-order valence-electron chi connectivity index (χ4n) is 5.48. The van der Waals surface area contributed by atoms with E-state index in [-0.39, 0.29) is 18.9 Å². The van der Waals surface area contributed by atoms with Crippen LogP contribution in [0.1, 0.15) is 39.2 Å². The molecule has 3 heterocycles. The van der Waals surface area contributed by atoms with E-state index in [1.165, 1.54) is 0 Å². The van der Waals surface area contributed by atoms with Crippen molar-refractivity contribution in [3.05, 3.63) is 93.7 Å². The Morgan fingerprint density at radius 3 is 2.51 bits per heavy atom. The van der Waals surface area contributed by atoms with Gasteiger partial charge in [0, 0.05) is 53.7 Å². The van der Waals surface area contributed by atoms with Crippen LogP contribution in [0.4, 0.5) is 11.4 Å². The lowest BCUT2D eigenvalue weighted by molar-refractivity contribution is -0.137. The van der Waals surface area contributed by atoms with Crippen LogP contribution < -0.4 is 14.5 Å². The van der Waals surface area contributed by atoms with Gasteiger partial charge in [0.1, 0.15) is 16.5 Å². The SMILES string of the molecule is C#CS.CCCN1C/C(=C\C=C2/C=Cc3cc(OCC)ccc3N2CC)S/C1=C1/C(=O)N(c2ccccc2)CN1CCC(=O)O. The molecule has 1 amide bonds. The van der Waals surface area contributed by atoms with Gasteiger partial charge in [0.05, 0.1) is 19.7 Å². The molecule has 2 saturated heterocycles. The molecular formula is C35H40N4O4S2. The molecule has 0 aromatic heterocycles. The third kappa shape index (κ3) is 8.10. The number of hydrogen-bond donors (Lipinski definition) is 2. The van der Waals surface area contributed by atoms with E-state index in [9.17, 15) is 14.7 Å². The molecule has 0 unspecified atom stereocenters. The molecule has 2 aromatic carbocycles. The van der Waals surface area contributed by atoms with Crippen molar-refractivity contribution < 1.29 is 19.4 Å². The highest BCUT2D eigenvalue weighted by Gasteiger charge is 2.39. The largest absolute Gasteiger partial charge is 0.494 e. The topological polar surface area (TPSA) is 76.6 Å². The molecule has 0 aliphatic carbocycles. The maximum Gasteiger partial charge on any atom is 0.305 e. The van der Waals surface area contributed by atoms with Crippen molar-refractivity contribution in [2.75, 3.05) is 49.3 Å². The van der Waals surface area contributed by atoms with Gasteiger partial charge in [-0.05, 0) is 74.1 Å². The molecular weight excluding hydrogens is 605 g/mol. The van der Waals surface area contributed by atoms with E-state index in [2.05, 4.69) is 79.1 Å². The number of benzene rings is 2. The number of nitrogens with zero attached hydrogens (tertiary/aromatic N) is 4. The molecule has 2 aromatic rings. The summed E-state index contributed by atoms with van der Waals surface area (Å²) in [5.74, 6) is -0.0984. The molecule has 10 heteroatoms. The monoisotopic (exact) mass is 644 g/mol. The van der Waals surface area contributed by atoms with E-state index >= 15 is 0 Å². The van der Waals surface area contributed by atoms with E-state index in [4.69, 9.17) is 4.74 Å². The molecule has 236 valence electrons. The first-order valence-corrected chi connectivity index (χ1v) is 16.3. The van der Waals surface area contributed by atoms with Crippen molar-refractivity contribution in [2.45, 2.75) is 33.6 Å². The Morgan fingerprint density at radius 2 is 1.84 bits per heavy atom. The first-order chi connectivity index (χ1) is 21.8. The number of allylic oxidation sites excluding steroid dienone is 3. The number of ether oxygens (including phenoxy) is 1. The third-order valence-electron chi connectivity index (χ3n) is 7.40. The number of rotatable bonds is 10. The highest BCUT2D eigenvalue weighted by molar-refractivity contribution is 8.07. The Balaban J connectivity index is 0.00000148. The van der Waals surface area contributed by atoms with E-state index in [0.29, 0.717) is 25.5 Å². The Bertz CT molecular complexity index is 1540. The summed E-state index contributed by atoms with van der Waals surface area (Å²) in [7, 11) is 0. The number of aliphatic carboxylic acids is 1. The first-order valence-electron chi connectivity index (χ1n) is 15.1. The van der Waals surface area contributed by atoms with Crippen LogP contribution in [-0.2, 0) is 9.59 Å². The van der Waals surface area contributed by atoms with Crippen molar-refractivity contribution in [1.29, 1.82) is 0 Å². The number of carbonyl (C=O) groups excluding carboxylic acids is 1. The lowest BCUT2D eigenvalue weighted by Gasteiger charge is -2.29. The number of fused-ring (bicyclic) bond motifs is 1. The summed E-state index contributed by atoms with van der Waals surface area (Å²) >= 11 is 4.93. The highest BCUT2D eigenvalue weighted by Crippen LogP contribution is 2.43. The van der Waals surface area contributed by atoms with Gasteiger partial charge in [0.25, 0.3) is 5.91 Å². The predicted octanol–water partition coefficient (Wildman–Crippen LogP) is 6.62. The minimum absolute atomic E-state index is 0.0351. The van der Waals surface area contributed by atoms with E-state index in [0.717, 1.165) is 57.8 Å².